The highest BCUT2D eigenvalue weighted by molar-refractivity contribution is 9.10. The van der Waals surface area contributed by atoms with Gasteiger partial charge in [-0.3, -0.25) is 0 Å². The Kier molecular flexibility index (Phi) is 5.23. The lowest BCUT2D eigenvalue weighted by Gasteiger charge is -2.04. The first-order valence-corrected chi connectivity index (χ1v) is 7.48. The highest BCUT2D eigenvalue weighted by atomic mass is 79.9. The monoisotopic (exact) mass is 322 g/mol. The molecule has 0 amide bonds. The average molecular weight is 323 g/mol. The van der Waals surface area contributed by atoms with Crippen molar-refractivity contribution in [3.8, 4) is 0 Å². The Hall–Kier alpha value is -0.840. The van der Waals surface area contributed by atoms with Gasteiger partial charge in [0, 0.05) is 22.1 Å². The first-order chi connectivity index (χ1) is 8.78. The number of pyridine rings is 1. The van der Waals surface area contributed by atoms with Crippen molar-refractivity contribution in [3.05, 3.63) is 52.6 Å². The van der Waals surface area contributed by atoms with Crippen LogP contribution in [0.15, 0.2) is 57.0 Å². The van der Waals surface area contributed by atoms with E-state index >= 15 is 0 Å². The normalized spacial score (nSPS) is 10.6. The zero-order valence-electron chi connectivity index (χ0n) is 10.2. The van der Waals surface area contributed by atoms with Crippen LogP contribution in [0.4, 0.5) is 0 Å². The molecular formula is C14H15BrN2S. The molecule has 18 heavy (non-hydrogen) atoms. The van der Waals surface area contributed by atoms with E-state index in [1.54, 1.807) is 11.8 Å². The second kappa shape index (κ2) is 6.92. The predicted octanol–water partition coefficient (Wildman–Crippen LogP) is 4.10. The number of nitrogens with one attached hydrogen (secondary N) is 1. The maximum Gasteiger partial charge on any atom is 0.101 e. The van der Waals surface area contributed by atoms with E-state index < -0.39 is 0 Å². The molecule has 4 heteroatoms. The molecule has 2 aromatic rings. The number of rotatable bonds is 5. The molecule has 2 nitrogen and oxygen atoms in total. The number of benzene rings is 1. The van der Waals surface area contributed by atoms with Crippen LogP contribution in [-0.2, 0) is 6.54 Å². The van der Waals surface area contributed by atoms with Gasteiger partial charge in [0.25, 0.3) is 0 Å². The Morgan fingerprint density at radius 3 is 2.83 bits per heavy atom. The van der Waals surface area contributed by atoms with Crippen molar-refractivity contribution in [2.45, 2.75) is 23.4 Å². The van der Waals surface area contributed by atoms with Crippen molar-refractivity contribution in [2.24, 2.45) is 0 Å². The molecular weight excluding hydrogens is 308 g/mol. The van der Waals surface area contributed by atoms with Gasteiger partial charge < -0.3 is 5.32 Å². The fourth-order valence-electron chi connectivity index (χ4n) is 1.50. The van der Waals surface area contributed by atoms with Crippen molar-refractivity contribution in [3.63, 3.8) is 0 Å². The number of hydrogen-bond donors (Lipinski definition) is 1. The van der Waals surface area contributed by atoms with E-state index in [9.17, 15) is 0 Å². The summed E-state index contributed by atoms with van der Waals surface area (Å²) in [6.07, 6.45) is 1.93. The molecule has 0 unspecified atom stereocenters. The van der Waals surface area contributed by atoms with Crippen molar-refractivity contribution in [1.29, 1.82) is 0 Å². The number of aromatic nitrogens is 1. The van der Waals surface area contributed by atoms with E-state index in [2.05, 4.69) is 57.4 Å². The van der Waals surface area contributed by atoms with Gasteiger partial charge in [-0.25, -0.2) is 4.98 Å². The molecule has 0 spiro atoms. The summed E-state index contributed by atoms with van der Waals surface area (Å²) >= 11 is 5.15. The highest BCUT2D eigenvalue weighted by Gasteiger charge is 2.00. The fourth-order valence-corrected chi connectivity index (χ4v) is 2.86. The minimum Gasteiger partial charge on any atom is -0.313 e. The van der Waals surface area contributed by atoms with Gasteiger partial charge in [0.05, 0.1) is 0 Å². The highest BCUT2D eigenvalue weighted by Crippen LogP contribution is 2.27. The van der Waals surface area contributed by atoms with Crippen LogP contribution in [0.25, 0.3) is 0 Å². The summed E-state index contributed by atoms with van der Waals surface area (Å²) in [5.74, 6) is 0. The minimum atomic E-state index is 0.880. The van der Waals surface area contributed by atoms with Crippen molar-refractivity contribution >= 4 is 27.7 Å². The maximum atomic E-state index is 4.46. The van der Waals surface area contributed by atoms with E-state index in [1.165, 1.54) is 10.5 Å². The number of halogens is 1. The van der Waals surface area contributed by atoms with Crippen LogP contribution in [-0.4, -0.2) is 11.5 Å². The number of hydrogen-bond acceptors (Lipinski definition) is 3. The second-order valence-electron chi connectivity index (χ2n) is 3.84. The standard InChI is InChI=1S/C14H15BrN2S/c1-2-16-9-11-6-7-14(17-10-11)18-13-5-3-4-12(15)8-13/h3-8,10,16H,2,9H2,1H3. The Bertz CT molecular complexity index is 499. The number of nitrogens with zero attached hydrogens (tertiary/aromatic N) is 1. The van der Waals surface area contributed by atoms with Crippen LogP contribution in [0.5, 0.6) is 0 Å². The first kappa shape index (κ1) is 13.6. The first-order valence-electron chi connectivity index (χ1n) is 5.87. The smallest absolute Gasteiger partial charge is 0.101 e. The molecule has 1 N–H and O–H groups in total. The summed E-state index contributed by atoms with van der Waals surface area (Å²) < 4.78 is 1.09. The molecule has 0 bridgehead atoms. The lowest BCUT2D eigenvalue weighted by molar-refractivity contribution is 0.723. The van der Waals surface area contributed by atoms with E-state index in [1.807, 2.05) is 18.3 Å². The van der Waals surface area contributed by atoms with Crippen LogP contribution in [0.2, 0.25) is 0 Å². The molecule has 1 heterocycles. The van der Waals surface area contributed by atoms with Crippen molar-refractivity contribution in [2.75, 3.05) is 6.54 Å². The molecule has 0 saturated heterocycles. The van der Waals surface area contributed by atoms with Gasteiger partial charge >= 0.3 is 0 Å². The molecule has 1 aromatic heterocycles. The molecule has 0 saturated carbocycles. The quantitative estimate of drug-likeness (QED) is 0.896. The van der Waals surface area contributed by atoms with Crippen LogP contribution in [0, 0.1) is 0 Å². The third-order valence-electron chi connectivity index (χ3n) is 2.40. The summed E-state index contributed by atoms with van der Waals surface area (Å²) in [5, 5.41) is 4.31. The van der Waals surface area contributed by atoms with Crippen molar-refractivity contribution < 1.29 is 0 Å². The molecule has 2 rings (SSSR count). The fraction of sp³-hybridized carbons (Fsp3) is 0.214. The molecule has 0 aliphatic heterocycles. The van der Waals surface area contributed by atoms with Crippen LogP contribution < -0.4 is 5.32 Å². The van der Waals surface area contributed by atoms with Gasteiger partial charge in [-0.05, 0) is 36.4 Å². The van der Waals surface area contributed by atoms with Gasteiger partial charge in [-0.15, -0.1) is 0 Å². The van der Waals surface area contributed by atoms with E-state index in [0.29, 0.717) is 0 Å². The van der Waals surface area contributed by atoms with Crippen molar-refractivity contribution in [1.82, 2.24) is 10.3 Å². The van der Waals surface area contributed by atoms with Gasteiger partial charge in [-0.1, -0.05) is 46.7 Å². The Morgan fingerprint density at radius 2 is 2.17 bits per heavy atom. The van der Waals surface area contributed by atoms with E-state index in [0.717, 1.165) is 22.6 Å². The lowest BCUT2D eigenvalue weighted by atomic mass is 10.3. The van der Waals surface area contributed by atoms with Gasteiger partial charge in [-0.2, -0.15) is 0 Å². The lowest BCUT2D eigenvalue weighted by Crippen LogP contribution is -2.11. The summed E-state index contributed by atoms with van der Waals surface area (Å²) in [4.78, 5) is 5.66. The van der Waals surface area contributed by atoms with E-state index in [-0.39, 0.29) is 0 Å². The zero-order valence-corrected chi connectivity index (χ0v) is 12.6. The third-order valence-corrected chi connectivity index (χ3v) is 3.83. The largest absolute Gasteiger partial charge is 0.313 e. The molecule has 0 atom stereocenters. The SMILES string of the molecule is CCNCc1ccc(Sc2cccc(Br)c2)nc1. The summed E-state index contributed by atoms with van der Waals surface area (Å²) in [7, 11) is 0. The van der Waals surface area contributed by atoms with Gasteiger partial charge in [0.2, 0.25) is 0 Å². The minimum absolute atomic E-state index is 0.880. The summed E-state index contributed by atoms with van der Waals surface area (Å²) in [6, 6.07) is 12.4. The molecule has 0 fully saturated rings. The third kappa shape index (κ3) is 4.12. The van der Waals surface area contributed by atoms with Crippen LogP contribution >= 0.6 is 27.7 Å². The Balaban J connectivity index is 2.02. The van der Waals surface area contributed by atoms with Crippen LogP contribution in [0.3, 0.4) is 0 Å². The molecule has 0 aliphatic carbocycles. The topological polar surface area (TPSA) is 24.9 Å². The Labute approximate surface area is 120 Å². The van der Waals surface area contributed by atoms with Gasteiger partial charge in [0.1, 0.15) is 5.03 Å². The van der Waals surface area contributed by atoms with E-state index in [4.69, 9.17) is 0 Å². The maximum absolute atomic E-state index is 4.46. The molecule has 0 radical (unpaired) electrons. The Morgan fingerprint density at radius 1 is 1.28 bits per heavy atom. The second-order valence-corrected chi connectivity index (χ2v) is 5.85. The predicted molar refractivity (Wildman–Crippen MR) is 79.9 cm³/mol. The summed E-state index contributed by atoms with van der Waals surface area (Å²) in [6.45, 7) is 3.96. The molecule has 0 aliphatic rings. The molecule has 1 aromatic carbocycles. The summed E-state index contributed by atoms with van der Waals surface area (Å²) in [5.41, 5.74) is 1.22. The van der Waals surface area contributed by atoms with Gasteiger partial charge in [0.15, 0.2) is 0 Å². The zero-order chi connectivity index (χ0) is 12.8. The molecule has 94 valence electrons. The average Bonchev–Trinajstić information content (AvgIpc) is 2.38. The van der Waals surface area contributed by atoms with Crippen LogP contribution in [0.1, 0.15) is 12.5 Å².